The molecule has 0 aliphatic rings. The molecule has 1 heterocycles. The number of hydrogen-bond acceptors (Lipinski definition) is 2. The predicted molar refractivity (Wildman–Crippen MR) is 52.0 cm³/mol. The van der Waals surface area contributed by atoms with Crippen molar-refractivity contribution in [3.8, 4) is 0 Å². The lowest BCUT2D eigenvalue weighted by molar-refractivity contribution is 0.0817. The van der Waals surface area contributed by atoms with Crippen molar-refractivity contribution in [1.29, 1.82) is 0 Å². The third-order valence-corrected chi connectivity index (χ3v) is 3.21. The number of thiophene rings is 1. The van der Waals surface area contributed by atoms with Crippen molar-refractivity contribution in [1.82, 2.24) is 0 Å². The van der Waals surface area contributed by atoms with E-state index in [4.69, 9.17) is 0 Å². The molecule has 0 aliphatic carbocycles. The molecular weight excluding hydrogens is 224 g/mol. The van der Waals surface area contributed by atoms with Crippen molar-refractivity contribution in [3.63, 3.8) is 0 Å². The van der Waals surface area contributed by atoms with Crippen molar-refractivity contribution in [3.05, 3.63) is 20.8 Å². The Morgan fingerprint density at radius 2 is 2.27 bits per heavy atom. The summed E-state index contributed by atoms with van der Waals surface area (Å²) in [5.74, 6) is 0. The minimum absolute atomic E-state index is 0.604. The van der Waals surface area contributed by atoms with Gasteiger partial charge >= 0.3 is 0 Å². The summed E-state index contributed by atoms with van der Waals surface area (Å²) in [6.45, 7) is 3.64. The Morgan fingerprint density at radius 3 is 2.64 bits per heavy atom. The van der Waals surface area contributed by atoms with Gasteiger partial charge in [-0.25, -0.2) is 0 Å². The Balaban J connectivity index is 2.72. The van der Waals surface area contributed by atoms with Gasteiger partial charge in [0.2, 0.25) is 0 Å². The van der Waals surface area contributed by atoms with E-state index in [1.807, 2.05) is 25.3 Å². The van der Waals surface area contributed by atoms with Crippen molar-refractivity contribution in [2.24, 2.45) is 0 Å². The molecule has 1 rings (SSSR count). The van der Waals surface area contributed by atoms with Crippen LogP contribution in [-0.2, 0) is 6.42 Å². The lowest BCUT2D eigenvalue weighted by Gasteiger charge is -2.15. The molecule has 0 saturated carbocycles. The molecule has 0 aliphatic heterocycles. The molecule has 3 heteroatoms. The Labute approximate surface area is 79.2 Å². The minimum Gasteiger partial charge on any atom is -0.390 e. The highest BCUT2D eigenvalue weighted by molar-refractivity contribution is 9.10. The summed E-state index contributed by atoms with van der Waals surface area (Å²) in [5.41, 5.74) is -0.604. The molecule has 11 heavy (non-hydrogen) atoms. The lowest BCUT2D eigenvalue weighted by Crippen LogP contribution is -2.21. The summed E-state index contributed by atoms with van der Waals surface area (Å²) < 4.78 is 1.10. The molecule has 1 aromatic heterocycles. The van der Waals surface area contributed by atoms with Gasteiger partial charge in [0, 0.05) is 15.8 Å². The lowest BCUT2D eigenvalue weighted by atomic mass is 10.1. The van der Waals surface area contributed by atoms with Gasteiger partial charge in [-0.15, -0.1) is 11.3 Å². The molecule has 0 bridgehead atoms. The summed E-state index contributed by atoms with van der Waals surface area (Å²) in [6.07, 6.45) is 0.714. The maximum absolute atomic E-state index is 9.50. The smallest absolute Gasteiger partial charge is 0.0640 e. The quantitative estimate of drug-likeness (QED) is 0.835. The average molecular weight is 235 g/mol. The third kappa shape index (κ3) is 2.93. The first kappa shape index (κ1) is 9.23. The van der Waals surface area contributed by atoms with Crippen LogP contribution in [0.5, 0.6) is 0 Å². The summed E-state index contributed by atoms with van der Waals surface area (Å²) in [4.78, 5) is 1.21. The molecule has 0 unspecified atom stereocenters. The largest absolute Gasteiger partial charge is 0.390 e. The fraction of sp³-hybridized carbons (Fsp3) is 0.500. The molecule has 0 aromatic carbocycles. The second-order valence-electron chi connectivity index (χ2n) is 3.18. The zero-order valence-electron chi connectivity index (χ0n) is 6.60. The fourth-order valence-corrected chi connectivity index (χ4v) is 2.56. The van der Waals surface area contributed by atoms with Crippen LogP contribution in [-0.4, -0.2) is 10.7 Å². The van der Waals surface area contributed by atoms with Crippen molar-refractivity contribution in [2.45, 2.75) is 25.9 Å². The first-order valence-electron chi connectivity index (χ1n) is 3.43. The van der Waals surface area contributed by atoms with Crippen LogP contribution in [0, 0.1) is 0 Å². The SMILES string of the molecule is CC(C)(O)Cc1sccc1Br. The molecule has 0 saturated heterocycles. The van der Waals surface area contributed by atoms with Crippen LogP contribution in [0.25, 0.3) is 0 Å². The van der Waals surface area contributed by atoms with E-state index < -0.39 is 5.60 Å². The van der Waals surface area contributed by atoms with E-state index in [0.29, 0.717) is 6.42 Å². The monoisotopic (exact) mass is 234 g/mol. The molecular formula is C8H11BrOS. The van der Waals surface area contributed by atoms with Crippen molar-refractivity contribution in [2.75, 3.05) is 0 Å². The molecule has 0 amide bonds. The highest BCUT2D eigenvalue weighted by Gasteiger charge is 2.15. The molecule has 1 N–H and O–H groups in total. The van der Waals surface area contributed by atoms with Crippen LogP contribution in [0.3, 0.4) is 0 Å². The number of halogens is 1. The van der Waals surface area contributed by atoms with E-state index in [0.717, 1.165) is 4.47 Å². The van der Waals surface area contributed by atoms with Gasteiger partial charge < -0.3 is 5.11 Å². The topological polar surface area (TPSA) is 20.2 Å². The second kappa shape index (κ2) is 3.25. The number of hydrogen-bond donors (Lipinski definition) is 1. The summed E-state index contributed by atoms with van der Waals surface area (Å²) in [6, 6.07) is 2.01. The summed E-state index contributed by atoms with van der Waals surface area (Å²) >= 11 is 5.09. The van der Waals surface area contributed by atoms with E-state index >= 15 is 0 Å². The zero-order chi connectivity index (χ0) is 8.48. The maximum Gasteiger partial charge on any atom is 0.0640 e. The van der Waals surface area contributed by atoms with E-state index in [-0.39, 0.29) is 0 Å². The van der Waals surface area contributed by atoms with E-state index in [2.05, 4.69) is 15.9 Å². The van der Waals surface area contributed by atoms with Gasteiger partial charge in [-0.2, -0.15) is 0 Å². The fourth-order valence-electron chi connectivity index (χ4n) is 0.844. The van der Waals surface area contributed by atoms with Crippen molar-refractivity contribution < 1.29 is 5.11 Å². The summed E-state index contributed by atoms with van der Waals surface area (Å²) in [7, 11) is 0. The van der Waals surface area contributed by atoms with E-state index in [1.165, 1.54) is 4.88 Å². The van der Waals surface area contributed by atoms with Gasteiger partial charge in [0.25, 0.3) is 0 Å². The van der Waals surface area contributed by atoms with Crippen LogP contribution >= 0.6 is 27.3 Å². The average Bonchev–Trinajstić information content (AvgIpc) is 2.12. The molecule has 0 spiro atoms. The number of aliphatic hydroxyl groups is 1. The zero-order valence-corrected chi connectivity index (χ0v) is 9.00. The molecule has 62 valence electrons. The normalized spacial score (nSPS) is 12.0. The van der Waals surface area contributed by atoms with Crippen LogP contribution in [0.1, 0.15) is 18.7 Å². The van der Waals surface area contributed by atoms with Crippen LogP contribution in [0.2, 0.25) is 0 Å². The molecule has 0 fully saturated rings. The van der Waals surface area contributed by atoms with Gasteiger partial charge in [0.1, 0.15) is 0 Å². The molecule has 0 radical (unpaired) electrons. The van der Waals surface area contributed by atoms with Crippen LogP contribution < -0.4 is 0 Å². The Kier molecular flexibility index (Phi) is 2.73. The Morgan fingerprint density at radius 1 is 1.64 bits per heavy atom. The van der Waals surface area contributed by atoms with Crippen LogP contribution in [0.4, 0.5) is 0 Å². The highest BCUT2D eigenvalue weighted by atomic mass is 79.9. The first-order valence-corrected chi connectivity index (χ1v) is 5.10. The van der Waals surface area contributed by atoms with Gasteiger partial charge in [-0.3, -0.25) is 0 Å². The minimum atomic E-state index is -0.604. The van der Waals surface area contributed by atoms with E-state index in [9.17, 15) is 5.11 Å². The van der Waals surface area contributed by atoms with Gasteiger partial charge in [-0.1, -0.05) is 0 Å². The Bertz CT molecular complexity index is 236. The highest BCUT2D eigenvalue weighted by Crippen LogP contribution is 2.26. The molecule has 1 nitrogen and oxygen atoms in total. The predicted octanol–water partition coefficient (Wildman–Crippen LogP) is 2.82. The standard InChI is InChI=1S/C8H11BrOS/c1-8(2,10)5-7-6(9)3-4-11-7/h3-4,10H,5H2,1-2H3. The van der Waals surface area contributed by atoms with Gasteiger partial charge in [0.05, 0.1) is 5.60 Å². The van der Waals surface area contributed by atoms with Gasteiger partial charge in [-0.05, 0) is 41.2 Å². The van der Waals surface area contributed by atoms with Crippen molar-refractivity contribution >= 4 is 27.3 Å². The molecule has 1 aromatic rings. The first-order chi connectivity index (χ1) is 4.99. The molecule has 0 atom stereocenters. The number of rotatable bonds is 2. The summed E-state index contributed by atoms with van der Waals surface area (Å²) in [5, 5.41) is 11.5. The van der Waals surface area contributed by atoms with Crippen LogP contribution in [0.15, 0.2) is 15.9 Å². The maximum atomic E-state index is 9.50. The van der Waals surface area contributed by atoms with E-state index in [1.54, 1.807) is 11.3 Å². The second-order valence-corrected chi connectivity index (χ2v) is 5.04. The third-order valence-electron chi connectivity index (χ3n) is 1.28. The Hall–Kier alpha value is 0.140. The van der Waals surface area contributed by atoms with Gasteiger partial charge in [0.15, 0.2) is 0 Å².